The van der Waals surface area contributed by atoms with Crippen LogP contribution in [0.15, 0.2) is 48.5 Å². The molecule has 0 atom stereocenters. The molecule has 3 aromatic rings. The lowest BCUT2D eigenvalue weighted by atomic mass is 10.1. The molecule has 1 fully saturated rings. The number of aromatic nitrogens is 2. The Labute approximate surface area is 155 Å². The summed E-state index contributed by atoms with van der Waals surface area (Å²) in [6.45, 7) is 0. The van der Waals surface area contributed by atoms with Gasteiger partial charge in [0.2, 0.25) is 0 Å². The number of hydrogen-bond donors (Lipinski definition) is 2. The number of rotatable bonds is 4. The maximum Gasteiger partial charge on any atom is 0.257 e. The van der Waals surface area contributed by atoms with Gasteiger partial charge in [0.15, 0.2) is 0 Å². The van der Waals surface area contributed by atoms with Crippen LogP contribution in [0.5, 0.6) is 0 Å². The minimum Gasteiger partial charge on any atom is -0.318 e. The molecule has 1 aliphatic carbocycles. The third-order valence-electron chi connectivity index (χ3n) is 4.25. The highest BCUT2D eigenvalue weighted by molar-refractivity contribution is 6.34. The van der Waals surface area contributed by atoms with E-state index in [1.165, 1.54) is 0 Å². The Bertz CT molecular complexity index is 930. The molecule has 2 N–H and O–H groups in total. The molecule has 0 unspecified atom stereocenters. The van der Waals surface area contributed by atoms with Gasteiger partial charge in [-0.15, -0.1) is 0 Å². The standard InChI is InChI=1S/C19H15Cl2N3O/c20-13-9-7-12(8-10-13)17-18(16(23-24-17)11-5-6-11)22-19(25)14-3-1-2-4-15(14)21/h1-4,7-11H,5-6H2,(H,22,25)(H,23,24). The van der Waals surface area contributed by atoms with Gasteiger partial charge in [-0.1, -0.05) is 47.5 Å². The van der Waals surface area contributed by atoms with Crippen LogP contribution in [0.25, 0.3) is 11.3 Å². The fourth-order valence-corrected chi connectivity index (χ4v) is 3.14. The van der Waals surface area contributed by atoms with E-state index in [1.807, 2.05) is 24.3 Å². The predicted molar refractivity (Wildman–Crippen MR) is 100 cm³/mol. The summed E-state index contributed by atoms with van der Waals surface area (Å²) < 4.78 is 0. The normalized spacial score (nSPS) is 13.7. The first kappa shape index (κ1) is 16.2. The first-order chi connectivity index (χ1) is 12.1. The van der Waals surface area contributed by atoms with E-state index in [1.54, 1.807) is 24.3 Å². The molecule has 0 bridgehead atoms. The quantitative estimate of drug-likeness (QED) is 0.634. The van der Waals surface area contributed by atoms with E-state index in [0.29, 0.717) is 27.2 Å². The number of anilines is 1. The predicted octanol–water partition coefficient (Wildman–Crippen LogP) is 5.51. The highest BCUT2D eigenvalue weighted by Gasteiger charge is 2.31. The number of halogens is 2. The molecule has 2 aromatic carbocycles. The summed E-state index contributed by atoms with van der Waals surface area (Å²) in [5.74, 6) is 0.166. The Kier molecular flexibility index (Phi) is 4.24. The van der Waals surface area contributed by atoms with Crippen LogP contribution in [-0.2, 0) is 0 Å². The summed E-state index contributed by atoms with van der Waals surface area (Å²) in [5.41, 5.74) is 3.72. The number of aromatic amines is 1. The van der Waals surface area contributed by atoms with Crippen LogP contribution in [0.4, 0.5) is 5.69 Å². The molecule has 126 valence electrons. The van der Waals surface area contributed by atoms with Crippen LogP contribution < -0.4 is 5.32 Å². The van der Waals surface area contributed by atoms with E-state index in [2.05, 4.69) is 15.5 Å². The van der Waals surface area contributed by atoms with Crippen molar-refractivity contribution >= 4 is 34.8 Å². The average Bonchev–Trinajstić information content (AvgIpc) is 3.37. The lowest BCUT2D eigenvalue weighted by molar-refractivity contribution is 0.102. The minimum absolute atomic E-state index is 0.246. The Morgan fingerprint density at radius 2 is 1.80 bits per heavy atom. The van der Waals surface area contributed by atoms with Crippen molar-refractivity contribution in [1.82, 2.24) is 10.2 Å². The molecule has 1 aliphatic rings. The lowest BCUT2D eigenvalue weighted by Gasteiger charge is -2.09. The van der Waals surface area contributed by atoms with E-state index in [0.717, 1.165) is 29.8 Å². The Hall–Kier alpha value is -2.30. The first-order valence-corrected chi connectivity index (χ1v) is 8.79. The molecule has 0 radical (unpaired) electrons. The zero-order valence-electron chi connectivity index (χ0n) is 13.2. The Morgan fingerprint density at radius 1 is 1.08 bits per heavy atom. The van der Waals surface area contributed by atoms with Crippen LogP contribution in [0.1, 0.15) is 34.8 Å². The number of carbonyl (C=O) groups excluding carboxylic acids is 1. The van der Waals surface area contributed by atoms with Gasteiger partial charge in [0.1, 0.15) is 5.69 Å². The van der Waals surface area contributed by atoms with E-state index in [-0.39, 0.29) is 5.91 Å². The van der Waals surface area contributed by atoms with Crippen LogP contribution in [0, 0.1) is 0 Å². The van der Waals surface area contributed by atoms with E-state index in [9.17, 15) is 4.79 Å². The Balaban J connectivity index is 1.72. The van der Waals surface area contributed by atoms with Crippen molar-refractivity contribution in [3.8, 4) is 11.3 Å². The average molecular weight is 372 g/mol. The monoisotopic (exact) mass is 371 g/mol. The number of carbonyl (C=O) groups is 1. The highest BCUT2D eigenvalue weighted by Crippen LogP contribution is 2.45. The van der Waals surface area contributed by atoms with Gasteiger partial charge in [0, 0.05) is 16.5 Å². The molecule has 0 spiro atoms. The summed E-state index contributed by atoms with van der Waals surface area (Å²) >= 11 is 12.1. The summed E-state index contributed by atoms with van der Waals surface area (Å²) in [7, 11) is 0. The summed E-state index contributed by atoms with van der Waals surface area (Å²) in [6, 6.07) is 14.4. The molecule has 6 heteroatoms. The summed E-state index contributed by atoms with van der Waals surface area (Å²) in [4.78, 5) is 12.7. The smallest absolute Gasteiger partial charge is 0.257 e. The van der Waals surface area contributed by atoms with E-state index < -0.39 is 0 Å². The summed E-state index contributed by atoms with van der Waals surface area (Å²) in [6.07, 6.45) is 2.19. The number of amides is 1. The van der Waals surface area contributed by atoms with Gasteiger partial charge in [0.25, 0.3) is 5.91 Å². The molecule has 0 saturated heterocycles. The number of H-pyrrole nitrogens is 1. The third kappa shape index (κ3) is 3.28. The summed E-state index contributed by atoms with van der Waals surface area (Å²) in [5, 5.41) is 11.6. The maximum absolute atomic E-state index is 12.7. The highest BCUT2D eigenvalue weighted by atomic mass is 35.5. The van der Waals surface area contributed by atoms with Crippen LogP contribution in [-0.4, -0.2) is 16.1 Å². The Morgan fingerprint density at radius 3 is 2.48 bits per heavy atom. The fraction of sp³-hybridized carbons (Fsp3) is 0.158. The van der Waals surface area contributed by atoms with Gasteiger partial charge in [-0.3, -0.25) is 9.89 Å². The zero-order valence-corrected chi connectivity index (χ0v) is 14.7. The molecule has 1 amide bonds. The van der Waals surface area contributed by atoms with Crippen molar-refractivity contribution in [1.29, 1.82) is 0 Å². The van der Waals surface area contributed by atoms with Crippen molar-refractivity contribution in [2.24, 2.45) is 0 Å². The number of nitrogens with one attached hydrogen (secondary N) is 2. The molecule has 4 rings (SSSR count). The van der Waals surface area contributed by atoms with Crippen molar-refractivity contribution in [3.63, 3.8) is 0 Å². The second-order valence-electron chi connectivity index (χ2n) is 6.08. The van der Waals surface area contributed by atoms with Gasteiger partial charge >= 0.3 is 0 Å². The van der Waals surface area contributed by atoms with Crippen molar-refractivity contribution in [3.05, 3.63) is 69.8 Å². The van der Waals surface area contributed by atoms with Gasteiger partial charge in [-0.05, 0) is 37.1 Å². The van der Waals surface area contributed by atoms with E-state index >= 15 is 0 Å². The molecule has 1 aromatic heterocycles. The second kappa shape index (κ2) is 6.54. The maximum atomic E-state index is 12.7. The topological polar surface area (TPSA) is 57.8 Å². The first-order valence-electron chi connectivity index (χ1n) is 8.03. The van der Waals surface area contributed by atoms with Gasteiger partial charge in [-0.2, -0.15) is 5.10 Å². The molecule has 0 aliphatic heterocycles. The molecule has 1 heterocycles. The van der Waals surface area contributed by atoms with Crippen molar-refractivity contribution in [2.45, 2.75) is 18.8 Å². The van der Waals surface area contributed by atoms with Crippen LogP contribution >= 0.6 is 23.2 Å². The van der Waals surface area contributed by atoms with Crippen molar-refractivity contribution < 1.29 is 4.79 Å². The van der Waals surface area contributed by atoms with Gasteiger partial charge in [-0.25, -0.2) is 0 Å². The molecule has 4 nitrogen and oxygen atoms in total. The second-order valence-corrected chi connectivity index (χ2v) is 6.92. The minimum atomic E-state index is -0.246. The van der Waals surface area contributed by atoms with Gasteiger partial charge in [0.05, 0.1) is 22.0 Å². The molecule has 1 saturated carbocycles. The molecule has 25 heavy (non-hydrogen) atoms. The third-order valence-corrected chi connectivity index (χ3v) is 4.84. The van der Waals surface area contributed by atoms with Gasteiger partial charge < -0.3 is 5.32 Å². The van der Waals surface area contributed by atoms with E-state index in [4.69, 9.17) is 23.2 Å². The van der Waals surface area contributed by atoms with Crippen molar-refractivity contribution in [2.75, 3.05) is 5.32 Å². The number of benzene rings is 2. The molecular formula is C19H15Cl2N3O. The van der Waals surface area contributed by atoms with Crippen LogP contribution in [0.2, 0.25) is 10.0 Å². The zero-order chi connectivity index (χ0) is 17.4. The lowest BCUT2D eigenvalue weighted by Crippen LogP contribution is -2.13. The largest absolute Gasteiger partial charge is 0.318 e. The number of hydrogen-bond acceptors (Lipinski definition) is 2. The van der Waals surface area contributed by atoms with Crippen LogP contribution in [0.3, 0.4) is 0 Å². The molecular weight excluding hydrogens is 357 g/mol. The number of nitrogens with zero attached hydrogens (tertiary/aromatic N) is 1. The fourth-order valence-electron chi connectivity index (χ4n) is 2.79. The SMILES string of the molecule is O=C(Nc1c(-c2ccc(Cl)cc2)n[nH]c1C1CC1)c1ccccc1Cl.